The minimum atomic E-state index is 0.254. The first-order valence-corrected chi connectivity index (χ1v) is 5.93. The van der Waals surface area contributed by atoms with Crippen LogP contribution >= 0.6 is 0 Å². The van der Waals surface area contributed by atoms with Crippen molar-refractivity contribution in [2.45, 2.75) is 57.9 Å². The molecule has 0 heterocycles. The third-order valence-corrected chi connectivity index (χ3v) is 2.35. The van der Waals surface area contributed by atoms with Gasteiger partial charge in [0.2, 0.25) is 0 Å². The minimum Gasteiger partial charge on any atom is -0.330 e. The van der Waals surface area contributed by atoms with Crippen LogP contribution in [0.2, 0.25) is 0 Å². The zero-order valence-electron chi connectivity index (χ0n) is 9.54. The lowest BCUT2D eigenvalue weighted by molar-refractivity contribution is 0.608. The molecular formula is C12H26N2. The van der Waals surface area contributed by atoms with Crippen LogP contribution in [0.3, 0.4) is 0 Å². The van der Waals surface area contributed by atoms with Crippen LogP contribution in [0.4, 0.5) is 0 Å². The molecule has 0 spiro atoms. The van der Waals surface area contributed by atoms with E-state index in [0.717, 1.165) is 19.4 Å². The standard InChI is InChI=1S/C12H26N2/c1-2-3-4-6-9-12(14)10-7-5-8-11-13/h6,9,12H,2-5,7-8,10-11,13-14H2,1H3. The van der Waals surface area contributed by atoms with E-state index in [-0.39, 0.29) is 6.04 Å². The Morgan fingerprint density at radius 2 is 1.93 bits per heavy atom. The molecule has 0 saturated heterocycles. The van der Waals surface area contributed by atoms with Gasteiger partial charge in [-0.15, -0.1) is 0 Å². The Balaban J connectivity index is 3.26. The zero-order valence-corrected chi connectivity index (χ0v) is 9.54. The Labute approximate surface area is 88.7 Å². The van der Waals surface area contributed by atoms with Crippen LogP contribution in [-0.2, 0) is 0 Å². The van der Waals surface area contributed by atoms with Crippen molar-refractivity contribution >= 4 is 0 Å². The van der Waals surface area contributed by atoms with E-state index in [4.69, 9.17) is 11.5 Å². The molecule has 4 N–H and O–H groups in total. The predicted octanol–water partition coefficient (Wildman–Crippen LogP) is 2.58. The first-order valence-electron chi connectivity index (χ1n) is 5.93. The average Bonchev–Trinajstić information content (AvgIpc) is 2.19. The van der Waals surface area contributed by atoms with Crippen LogP contribution in [0, 0.1) is 0 Å². The largest absolute Gasteiger partial charge is 0.330 e. The lowest BCUT2D eigenvalue weighted by Gasteiger charge is -2.05. The molecule has 0 aliphatic rings. The fraction of sp³-hybridized carbons (Fsp3) is 0.833. The van der Waals surface area contributed by atoms with Gasteiger partial charge in [-0.05, 0) is 25.8 Å². The second kappa shape index (κ2) is 10.7. The molecular weight excluding hydrogens is 172 g/mol. The fourth-order valence-corrected chi connectivity index (χ4v) is 1.39. The highest BCUT2D eigenvalue weighted by Crippen LogP contribution is 2.03. The van der Waals surface area contributed by atoms with Gasteiger partial charge in [0.25, 0.3) is 0 Å². The van der Waals surface area contributed by atoms with Crippen molar-refractivity contribution in [2.75, 3.05) is 6.54 Å². The topological polar surface area (TPSA) is 52.0 Å². The predicted molar refractivity (Wildman–Crippen MR) is 64.2 cm³/mol. The highest BCUT2D eigenvalue weighted by molar-refractivity contribution is 4.90. The second-order valence-electron chi connectivity index (χ2n) is 3.87. The van der Waals surface area contributed by atoms with Gasteiger partial charge in [0, 0.05) is 6.04 Å². The van der Waals surface area contributed by atoms with E-state index in [2.05, 4.69) is 19.1 Å². The van der Waals surface area contributed by atoms with E-state index in [0.29, 0.717) is 0 Å². The van der Waals surface area contributed by atoms with Crippen molar-refractivity contribution in [1.29, 1.82) is 0 Å². The van der Waals surface area contributed by atoms with E-state index in [1.165, 1.54) is 32.1 Å². The quantitative estimate of drug-likeness (QED) is 0.442. The van der Waals surface area contributed by atoms with Gasteiger partial charge in [-0.3, -0.25) is 0 Å². The number of hydrogen-bond donors (Lipinski definition) is 2. The third-order valence-electron chi connectivity index (χ3n) is 2.35. The summed E-state index contributed by atoms with van der Waals surface area (Å²) in [5.74, 6) is 0. The molecule has 2 nitrogen and oxygen atoms in total. The third kappa shape index (κ3) is 9.75. The monoisotopic (exact) mass is 198 g/mol. The van der Waals surface area contributed by atoms with Crippen LogP contribution in [0.1, 0.15) is 51.9 Å². The molecule has 0 aromatic rings. The zero-order chi connectivity index (χ0) is 10.6. The molecule has 84 valence electrons. The van der Waals surface area contributed by atoms with Crippen molar-refractivity contribution in [3.05, 3.63) is 12.2 Å². The molecule has 0 fully saturated rings. The molecule has 0 saturated carbocycles. The molecule has 0 radical (unpaired) electrons. The average molecular weight is 198 g/mol. The Kier molecular flexibility index (Phi) is 10.5. The highest BCUT2D eigenvalue weighted by atomic mass is 14.6. The summed E-state index contributed by atoms with van der Waals surface area (Å²) in [6, 6.07) is 0.254. The van der Waals surface area contributed by atoms with Gasteiger partial charge >= 0.3 is 0 Å². The summed E-state index contributed by atoms with van der Waals surface area (Å²) >= 11 is 0. The Bertz CT molecular complexity index is 132. The van der Waals surface area contributed by atoms with E-state index in [9.17, 15) is 0 Å². The Morgan fingerprint density at radius 1 is 1.14 bits per heavy atom. The van der Waals surface area contributed by atoms with Gasteiger partial charge in [0.1, 0.15) is 0 Å². The summed E-state index contributed by atoms with van der Waals surface area (Å²) in [5, 5.41) is 0. The smallest absolute Gasteiger partial charge is 0.0223 e. The van der Waals surface area contributed by atoms with E-state index < -0.39 is 0 Å². The lowest BCUT2D eigenvalue weighted by atomic mass is 10.1. The summed E-state index contributed by atoms with van der Waals surface area (Å²) < 4.78 is 0. The molecule has 1 unspecified atom stereocenters. The summed E-state index contributed by atoms with van der Waals surface area (Å²) in [6.45, 7) is 3.02. The maximum atomic E-state index is 5.92. The molecule has 0 aromatic carbocycles. The maximum Gasteiger partial charge on any atom is 0.0223 e. The molecule has 0 aliphatic heterocycles. The highest BCUT2D eigenvalue weighted by Gasteiger charge is 1.96. The van der Waals surface area contributed by atoms with Gasteiger partial charge in [0.15, 0.2) is 0 Å². The van der Waals surface area contributed by atoms with Gasteiger partial charge in [-0.2, -0.15) is 0 Å². The van der Waals surface area contributed by atoms with Crippen molar-refractivity contribution < 1.29 is 0 Å². The lowest BCUT2D eigenvalue weighted by Crippen LogP contribution is -2.16. The van der Waals surface area contributed by atoms with E-state index in [1.807, 2.05) is 0 Å². The van der Waals surface area contributed by atoms with Crippen LogP contribution in [0.5, 0.6) is 0 Å². The number of allylic oxidation sites excluding steroid dienone is 1. The summed E-state index contributed by atoms with van der Waals surface area (Å²) in [4.78, 5) is 0. The van der Waals surface area contributed by atoms with Crippen molar-refractivity contribution in [1.82, 2.24) is 0 Å². The van der Waals surface area contributed by atoms with Gasteiger partial charge in [0.05, 0.1) is 0 Å². The molecule has 0 bridgehead atoms. The van der Waals surface area contributed by atoms with Gasteiger partial charge in [-0.1, -0.05) is 44.8 Å². The normalized spacial score (nSPS) is 13.6. The van der Waals surface area contributed by atoms with Gasteiger partial charge in [-0.25, -0.2) is 0 Å². The second-order valence-corrected chi connectivity index (χ2v) is 3.87. The fourth-order valence-electron chi connectivity index (χ4n) is 1.39. The Hall–Kier alpha value is -0.340. The van der Waals surface area contributed by atoms with Crippen molar-refractivity contribution in [3.8, 4) is 0 Å². The number of hydrogen-bond acceptors (Lipinski definition) is 2. The van der Waals surface area contributed by atoms with Crippen molar-refractivity contribution in [2.24, 2.45) is 11.5 Å². The van der Waals surface area contributed by atoms with Crippen LogP contribution in [0.15, 0.2) is 12.2 Å². The molecule has 0 amide bonds. The first kappa shape index (κ1) is 13.7. The molecule has 0 rings (SSSR count). The molecule has 1 atom stereocenters. The molecule has 0 aliphatic carbocycles. The summed E-state index contributed by atoms with van der Waals surface area (Å²) in [7, 11) is 0. The Morgan fingerprint density at radius 3 is 2.57 bits per heavy atom. The first-order chi connectivity index (χ1) is 6.81. The van der Waals surface area contributed by atoms with E-state index in [1.54, 1.807) is 0 Å². The van der Waals surface area contributed by atoms with Gasteiger partial charge < -0.3 is 11.5 Å². The number of rotatable bonds is 9. The molecule has 0 aromatic heterocycles. The number of unbranched alkanes of at least 4 members (excludes halogenated alkanes) is 4. The number of nitrogens with two attached hydrogens (primary N) is 2. The minimum absolute atomic E-state index is 0.254. The van der Waals surface area contributed by atoms with Crippen LogP contribution in [0.25, 0.3) is 0 Å². The van der Waals surface area contributed by atoms with Crippen molar-refractivity contribution in [3.63, 3.8) is 0 Å². The molecule has 14 heavy (non-hydrogen) atoms. The van der Waals surface area contributed by atoms with E-state index >= 15 is 0 Å². The summed E-state index contributed by atoms with van der Waals surface area (Å²) in [6.07, 6.45) is 12.7. The SMILES string of the molecule is CCCCC=CC(N)CCCCCN. The van der Waals surface area contributed by atoms with Crippen LogP contribution < -0.4 is 11.5 Å². The summed E-state index contributed by atoms with van der Waals surface area (Å²) in [5.41, 5.74) is 11.3. The van der Waals surface area contributed by atoms with Crippen LogP contribution in [-0.4, -0.2) is 12.6 Å². The maximum absolute atomic E-state index is 5.92. The molecule has 2 heteroatoms.